The molecule has 36 heavy (non-hydrogen) atoms. The maximum atomic E-state index is 13.5. The van der Waals surface area contributed by atoms with Crippen LogP contribution in [0.2, 0.25) is 0 Å². The Hall–Kier alpha value is -4.11. The van der Waals surface area contributed by atoms with Crippen LogP contribution in [0, 0.1) is 17.0 Å². The van der Waals surface area contributed by atoms with Crippen molar-refractivity contribution in [3.05, 3.63) is 104 Å². The number of nitro groups is 1. The van der Waals surface area contributed by atoms with Crippen LogP contribution in [0.1, 0.15) is 18.1 Å². The molecule has 0 saturated heterocycles. The van der Waals surface area contributed by atoms with Crippen LogP contribution in [-0.2, 0) is 0 Å². The van der Waals surface area contributed by atoms with Gasteiger partial charge in [0.05, 0.1) is 29.0 Å². The molecule has 4 aromatic rings. The van der Waals surface area contributed by atoms with Crippen molar-refractivity contribution in [2.75, 3.05) is 19.4 Å². The molecule has 1 aromatic heterocycles. The van der Waals surface area contributed by atoms with Crippen LogP contribution < -0.4 is 10.3 Å². The molecule has 0 fully saturated rings. The lowest BCUT2D eigenvalue weighted by atomic mass is 10.1. The van der Waals surface area contributed by atoms with Crippen molar-refractivity contribution >= 4 is 23.2 Å². The number of rotatable bonds is 9. The number of aryl methyl sites for hydroxylation is 1. The van der Waals surface area contributed by atoms with Gasteiger partial charge in [-0.3, -0.25) is 25.0 Å². The molecule has 0 radical (unpaired) electrons. The Bertz CT molecular complexity index is 1440. The van der Waals surface area contributed by atoms with E-state index in [0.717, 1.165) is 11.3 Å². The standard InChI is InChI=1S/C27H26N4O4S/c1-18-4-14-24(15-5-18)36-17-16-28-19(2)25-26(20-6-12-23(35-3)13-7-20)29-30(27(25)32)21-8-10-22(11-9-21)31(33)34/h4-15,29H,16-17H2,1-3H3. The Kier molecular flexibility index (Phi) is 7.70. The third-order valence-electron chi connectivity index (χ3n) is 5.68. The van der Waals surface area contributed by atoms with Gasteiger partial charge in [0.2, 0.25) is 0 Å². The summed E-state index contributed by atoms with van der Waals surface area (Å²) in [7, 11) is 1.60. The molecule has 8 nitrogen and oxygen atoms in total. The van der Waals surface area contributed by atoms with E-state index < -0.39 is 4.92 Å². The number of hydrogen-bond donors (Lipinski definition) is 1. The predicted molar refractivity (Wildman–Crippen MR) is 144 cm³/mol. The number of aromatic nitrogens is 2. The van der Waals surface area contributed by atoms with Gasteiger partial charge in [0.15, 0.2) is 0 Å². The molecule has 0 saturated carbocycles. The first kappa shape index (κ1) is 25.0. The number of thioether (sulfide) groups is 1. The molecule has 0 unspecified atom stereocenters. The zero-order valence-electron chi connectivity index (χ0n) is 20.2. The van der Waals surface area contributed by atoms with Crippen LogP contribution in [0.5, 0.6) is 5.75 Å². The zero-order chi connectivity index (χ0) is 25.7. The highest BCUT2D eigenvalue weighted by molar-refractivity contribution is 7.99. The summed E-state index contributed by atoms with van der Waals surface area (Å²) in [5.74, 6) is 1.48. The van der Waals surface area contributed by atoms with Crippen molar-refractivity contribution in [2.45, 2.75) is 18.7 Å². The molecule has 3 aromatic carbocycles. The molecular formula is C27H26N4O4S. The number of nitrogens with zero attached hydrogens (tertiary/aromatic N) is 3. The average Bonchev–Trinajstić information content (AvgIpc) is 3.24. The van der Waals surface area contributed by atoms with Crippen LogP contribution >= 0.6 is 11.8 Å². The minimum absolute atomic E-state index is 0.0437. The van der Waals surface area contributed by atoms with Gasteiger partial charge in [-0.1, -0.05) is 17.7 Å². The summed E-state index contributed by atoms with van der Waals surface area (Å²) in [6.45, 7) is 4.44. The lowest BCUT2D eigenvalue weighted by Crippen LogP contribution is -2.20. The Labute approximate surface area is 212 Å². The second-order valence-corrected chi connectivity index (χ2v) is 9.30. The number of non-ortho nitro benzene ring substituents is 1. The quantitative estimate of drug-likeness (QED) is 0.105. The fourth-order valence-corrected chi connectivity index (χ4v) is 4.48. The zero-order valence-corrected chi connectivity index (χ0v) is 21.0. The van der Waals surface area contributed by atoms with E-state index >= 15 is 0 Å². The van der Waals surface area contributed by atoms with Crippen LogP contribution in [-0.4, -0.2) is 39.8 Å². The van der Waals surface area contributed by atoms with Crippen LogP contribution in [0.25, 0.3) is 16.9 Å². The molecule has 1 N–H and O–H groups in total. The van der Waals surface area contributed by atoms with Crippen molar-refractivity contribution in [3.63, 3.8) is 0 Å². The number of H-pyrrole nitrogens is 1. The number of aromatic amines is 1. The average molecular weight is 503 g/mol. The second-order valence-electron chi connectivity index (χ2n) is 8.13. The molecule has 0 bridgehead atoms. The van der Waals surface area contributed by atoms with Gasteiger partial charge < -0.3 is 4.74 Å². The van der Waals surface area contributed by atoms with Crippen molar-refractivity contribution < 1.29 is 9.66 Å². The maximum absolute atomic E-state index is 13.5. The van der Waals surface area contributed by atoms with E-state index in [9.17, 15) is 14.9 Å². The van der Waals surface area contributed by atoms with E-state index in [1.165, 1.54) is 27.3 Å². The van der Waals surface area contributed by atoms with Crippen molar-refractivity contribution in [1.29, 1.82) is 0 Å². The van der Waals surface area contributed by atoms with Gasteiger partial charge in [0.25, 0.3) is 11.2 Å². The normalized spacial score (nSPS) is 11.5. The molecule has 9 heteroatoms. The summed E-state index contributed by atoms with van der Waals surface area (Å²) in [6, 6.07) is 21.6. The summed E-state index contributed by atoms with van der Waals surface area (Å²) < 4.78 is 6.65. The Morgan fingerprint density at radius 3 is 2.33 bits per heavy atom. The molecule has 0 atom stereocenters. The summed E-state index contributed by atoms with van der Waals surface area (Å²) in [5, 5.41) is 14.2. The van der Waals surface area contributed by atoms with E-state index in [1.54, 1.807) is 31.0 Å². The van der Waals surface area contributed by atoms with Crippen molar-refractivity contribution in [3.8, 4) is 22.7 Å². The number of aliphatic imine (C=N–C) groups is 1. The van der Waals surface area contributed by atoms with E-state index in [0.29, 0.717) is 35.0 Å². The molecule has 4 rings (SSSR count). The number of benzene rings is 3. The minimum Gasteiger partial charge on any atom is -0.497 e. The highest BCUT2D eigenvalue weighted by Crippen LogP contribution is 2.25. The number of methoxy groups -OCH3 is 1. The highest BCUT2D eigenvalue weighted by Gasteiger charge is 2.20. The van der Waals surface area contributed by atoms with E-state index in [1.807, 2.05) is 31.2 Å². The van der Waals surface area contributed by atoms with Crippen LogP contribution in [0.3, 0.4) is 0 Å². The molecule has 0 aliphatic rings. The molecule has 1 heterocycles. The topological polar surface area (TPSA) is 103 Å². The summed E-state index contributed by atoms with van der Waals surface area (Å²) in [5.41, 5.74) is 3.89. The third kappa shape index (κ3) is 5.58. The molecular weight excluding hydrogens is 476 g/mol. The van der Waals surface area contributed by atoms with Gasteiger partial charge in [-0.25, -0.2) is 4.68 Å². The number of nitro benzene ring substituents is 1. The molecule has 0 spiro atoms. The van der Waals surface area contributed by atoms with Gasteiger partial charge in [-0.2, -0.15) is 0 Å². The molecule has 0 aliphatic heterocycles. The second kappa shape index (κ2) is 11.1. The van der Waals surface area contributed by atoms with Crippen LogP contribution in [0.15, 0.2) is 87.5 Å². The highest BCUT2D eigenvalue weighted by atomic mass is 32.2. The number of ether oxygens (including phenoxy) is 1. The molecule has 0 aliphatic carbocycles. The van der Waals surface area contributed by atoms with Gasteiger partial charge in [-0.05, 0) is 62.4 Å². The van der Waals surface area contributed by atoms with Gasteiger partial charge >= 0.3 is 0 Å². The number of nitrogens with one attached hydrogen (secondary N) is 1. The molecule has 0 amide bonds. The first-order valence-corrected chi connectivity index (χ1v) is 12.3. The first-order valence-electron chi connectivity index (χ1n) is 11.3. The van der Waals surface area contributed by atoms with E-state index in [2.05, 4.69) is 36.3 Å². The van der Waals surface area contributed by atoms with Crippen molar-refractivity contribution in [2.24, 2.45) is 4.99 Å². The third-order valence-corrected chi connectivity index (χ3v) is 6.67. The Morgan fingerprint density at radius 1 is 1.06 bits per heavy atom. The largest absolute Gasteiger partial charge is 0.497 e. The monoisotopic (exact) mass is 502 g/mol. The summed E-state index contributed by atoms with van der Waals surface area (Å²) >= 11 is 1.71. The predicted octanol–water partition coefficient (Wildman–Crippen LogP) is 5.66. The van der Waals surface area contributed by atoms with Gasteiger partial charge in [0.1, 0.15) is 5.75 Å². The van der Waals surface area contributed by atoms with E-state index in [4.69, 9.17) is 9.73 Å². The molecule has 184 valence electrons. The smallest absolute Gasteiger partial charge is 0.280 e. The summed E-state index contributed by atoms with van der Waals surface area (Å²) in [6.07, 6.45) is 0. The Morgan fingerprint density at radius 2 is 1.72 bits per heavy atom. The lowest BCUT2D eigenvalue weighted by Gasteiger charge is -2.05. The fourth-order valence-electron chi connectivity index (χ4n) is 3.74. The lowest BCUT2D eigenvalue weighted by molar-refractivity contribution is -0.384. The SMILES string of the molecule is COc1ccc(-c2[nH]n(-c3ccc([N+](=O)[O-])cc3)c(=O)c2C(C)=NCCSc2ccc(C)cc2)cc1. The summed E-state index contributed by atoms with van der Waals surface area (Å²) in [4.78, 5) is 30.0. The van der Waals surface area contributed by atoms with Crippen molar-refractivity contribution in [1.82, 2.24) is 9.78 Å². The minimum atomic E-state index is -0.471. The maximum Gasteiger partial charge on any atom is 0.280 e. The van der Waals surface area contributed by atoms with Gasteiger partial charge in [-0.15, -0.1) is 11.8 Å². The van der Waals surface area contributed by atoms with E-state index in [-0.39, 0.29) is 11.2 Å². The van der Waals surface area contributed by atoms with Crippen LogP contribution in [0.4, 0.5) is 5.69 Å². The first-order chi connectivity index (χ1) is 17.4. The Balaban J connectivity index is 1.66. The van der Waals surface area contributed by atoms with Gasteiger partial charge in [0, 0.05) is 40.6 Å². The number of hydrogen-bond acceptors (Lipinski definition) is 6. The fraction of sp³-hybridized carbons (Fsp3) is 0.185.